The summed E-state index contributed by atoms with van der Waals surface area (Å²) in [6.45, 7) is 27.6. The molecule has 8 bridgehead atoms. The fourth-order valence-corrected chi connectivity index (χ4v) is 13.5. The van der Waals surface area contributed by atoms with Crippen LogP contribution in [0, 0.1) is 0 Å². The minimum absolute atomic E-state index is 0.585. The van der Waals surface area contributed by atoms with Gasteiger partial charge in [-0.05, 0) is 177 Å². The van der Waals surface area contributed by atoms with E-state index in [0.717, 1.165) is 144 Å². The molecular formula is C80H94N8O2+4. The van der Waals surface area contributed by atoms with Gasteiger partial charge in [-0.2, -0.15) is 0 Å². The molecule has 0 amide bonds. The van der Waals surface area contributed by atoms with Crippen molar-refractivity contribution in [2.45, 2.75) is 159 Å². The molecule has 7 aliphatic rings. The number of benzene rings is 2. The van der Waals surface area contributed by atoms with Gasteiger partial charge in [-0.15, -0.1) is 0 Å². The van der Waals surface area contributed by atoms with Crippen LogP contribution < -0.4 is 28.6 Å². The molecule has 0 aliphatic carbocycles. The Hall–Kier alpha value is -8.76. The molecule has 9 heterocycles. The summed E-state index contributed by atoms with van der Waals surface area (Å²) in [5.74, 6) is 1.69. The quantitative estimate of drug-likeness (QED) is 0.0511. The van der Waals surface area contributed by atoms with E-state index in [1.54, 1.807) is 0 Å². The molecule has 2 N–H and O–H groups in total. The van der Waals surface area contributed by atoms with Crippen LogP contribution in [0.1, 0.15) is 157 Å². The summed E-state index contributed by atoms with van der Waals surface area (Å²) in [5, 5.41) is 0. The molecule has 0 fully saturated rings. The second-order valence-corrected chi connectivity index (χ2v) is 24.6. The van der Waals surface area contributed by atoms with Crippen molar-refractivity contribution >= 4 is 34.0 Å². The van der Waals surface area contributed by atoms with Crippen molar-refractivity contribution in [2.24, 2.45) is 9.98 Å². The minimum atomic E-state index is 0.585. The zero-order valence-corrected chi connectivity index (χ0v) is 55.2. The van der Waals surface area contributed by atoms with Crippen molar-refractivity contribution in [2.75, 3.05) is 26.3 Å². The second-order valence-electron chi connectivity index (χ2n) is 24.6. The lowest BCUT2D eigenvalue weighted by Crippen LogP contribution is -2.72. The number of allylic oxidation sites excluding steroid dienone is 18. The van der Waals surface area contributed by atoms with Gasteiger partial charge in [0.25, 0.3) is 0 Å². The van der Waals surface area contributed by atoms with Gasteiger partial charge >= 0.3 is 0 Å². The van der Waals surface area contributed by atoms with Gasteiger partial charge in [-0.3, -0.25) is 0 Å². The number of aryl methyl sites for hydroxylation is 2. The summed E-state index contributed by atoms with van der Waals surface area (Å²) < 4.78 is 17.8. The molecule has 2 aromatic heterocycles. The van der Waals surface area contributed by atoms with Crippen molar-refractivity contribution in [1.82, 2.24) is 9.80 Å². The van der Waals surface area contributed by atoms with E-state index in [1.807, 2.05) is 0 Å². The van der Waals surface area contributed by atoms with Crippen LogP contribution in [-0.2, 0) is 13.1 Å². The van der Waals surface area contributed by atoms with Crippen LogP contribution in [0.25, 0.3) is 22.3 Å². The van der Waals surface area contributed by atoms with Crippen molar-refractivity contribution in [3.05, 3.63) is 248 Å². The summed E-state index contributed by atoms with van der Waals surface area (Å²) in [7, 11) is 0. The Morgan fingerprint density at radius 3 is 1.60 bits per heavy atom. The highest BCUT2D eigenvalue weighted by atomic mass is 16.5. The van der Waals surface area contributed by atoms with Crippen LogP contribution in [0.4, 0.5) is 0 Å². The molecule has 10 heteroatoms. The molecular weight excluding hydrogens is 1100 g/mol. The molecule has 4 aromatic rings. The lowest BCUT2D eigenvalue weighted by atomic mass is 9.89. The van der Waals surface area contributed by atoms with E-state index in [0.29, 0.717) is 13.2 Å². The minimum Gasteiger partial charge on any atom is -0.494 e. The molecule has 2 aromatic carbocycles. The van der Waals surface area contributed by atoms with E-state index in [1.165, 1.54) is 105 Å². The van der Waals surface area contributed by atoms with Gasteiger partial charge in [0, 0.05) is 115 Å². The summed E-state index contributed by atoms with van der Waals surface area (Å²) in [6.07, 6.45) is 43.6. The first-order chi connectivity index (χ1) is 44.0. The zero-order valence-electron chi connectivity index (χ0n) is 55.2. The monoisotopic (exact) mass is 1200 g/mol. The van der Waals surface area contributed by atoms with Crippen molar-refractivity contribution < 1.29 is 28.6 Å². The van der Waals surface area contributed by atoms with Gasteiger partial charge < -0.3 is 19.3 Å². The number of fused-ring (bicyclic) bond motifs is 4. The van der Waals surface area contributed by atoms with E-state index in [4.69, 9.17) is 19.5 Å². The number of aliphatic imine (C=N–C) groups is 2. The Balaban J connectivity index is 0.868. The number of pyridine rings is 2. The molecule has 0 radical (unpaired) electrons. The third kappa shape index (κ3) is 13.8. The Labute approximate surface area is 536 Å². The number of ether oxygens (including phenoxy) is 2. The molecule has 0 atom stereocenters. The third-order valence-electron chi connectivity index (χ3n) is 18.6. The molecule has 11 rings (SSSR count). The molecule has 7 aliphatic heterocycles. The van der Waals surface area contributed by atoms with E-state index >= 15 is 0 Å². The number of nitrogens with one attached hydrogen (secondary N) is 2. The third-order valence-corrected chi connectivity index (χ3v) is 18.6. The molecule has 10 nitrogen and oxygen atoms in total. The maximum atomic E-state index is 6.64. The maximum absolute atomic E-state index is 6.64. The van der Waals surface area contributed by atoms with Crippen molar-refractivity contribution in [3.8, 4) is 22.6 Å². The van der Waals surface area contributed by atoms with Gasteiger partial charge in [0.1, 0.15) is 23.6 Å². The number of hydrogen-bond acceptors (Lipinski definition) is 6. The standard InChI is InChI=1S/C80H92N8O2/c1-11-17-19-37-85-41-29-59(30-42-85)61-33-45-87(46-34-61)39-23-49-89-65-27-21-25-63(51-65)75-77-55(7)67(13-3)71(81-77)53-73-69(15-5)57(9)79(83-73)76(80-58(10)70(16-6)74(84-80)54-72-68(14-4)56(8)78(75)82-72)64-26-22-28-66(52-64)90-50-24-40-88-47-35-62(36-48-88)60-31-43-86(44-32-60)38-20-18-12-2/h21-22,25-36,41-48,51-54H,11-20,23-24,37-40,49-50H2,1-10H3/q+2/p+2. The van der Waals surface area contributed by atoms with Gasteiger partial charge in [0.2, 0.25) is 22.8 Å². The molecule has 90 heavy (non-hydrogen) atoms. The summed E-state index contributed by atoms with van der Waals surface area (Å²) in [4.78, 5) is 24.1. The van der Waals surface area contributed by atoms with Gasteiger partial charge in [-0.1, -0.05) is 85.1 Å². The smallest absolute Gasteiger partial charge is 0.222 e. The fraction of sp³-hybridized carbons (Fsp3) is 0.350. The van der Waals surface area contributed by atoms with Gasteiger partial charge in [0.05, 0.1) is 36.0 Å². The maximum Gasteiger partial charge on any atom is 0.222 e. The highest BCUT2D eigenvalue weighted by molar-refractivity contribution is 6.36. The summed E-state index contributed by atoms with van der Waals surface area (Å²) in [5.41, 5.74) is 27.3. The second kappa shape index (κ2) is 29.3. The highest BCUT2D eigenvalue weighted by Crippen LogP contribution is 2.42. The molecule has 0 spiro atoms. The van der Waals surface area contributed by atoms with Crippen LogP contribution in [0.5, 0.6) is 11.5 Å². The van der Waals surface area contributed by atoms with Crippen LogP contribution in [0.2, 0.25) is 0 Å². The van der Waals surface area contributed by atoms with E-state index in [2.05, 4.69) is 257 Å². The first kappa shape index (κ1) is 62.8. The first-order valence-corrected chi connectivity index (χ1v) is 33.6. The van der Waals surface area contributed by atoms with Gasteiger partial charge in [0.15, 0.2) is 31.3 Å². The van der Waals surface area contributed by atoms with E-state index < -0.39 is 0 Å². The highest BCUT2D eigenvalue weighted by Gasteiger charge is 2.40. The van der Waals surface area contributed by atoms with Crippen LogP contribution in [0.15, 0.2) is 247 Å². The summed E-state index contributed by atoms with van der Waals surface area (Å²) in [6, 6.07) is 26.2. The number of rotatable bonds is 25. The lowest BCUT2D eigenvalue weighted by Gasteiger charge is -2.22. The average molecular weight is 1200 g/mol. The molecule has 462 valence electrons. The molecule has 0 unspecified atom stereocenters. The Bertz CT molecular complexity index is 3950. The summed E-state index contributed by atoms with van der Waals surface area (Å²) >= 11 is 0. The zero-order chi connectivity index (χ0) is 62.7. The Kier molecular flexibility index (Phi) is 20.4. The molecule has 0 saturated heterocycles. The van der Waals surface area contributed by atoms with Gasteiger partial charge in [-0.25, -0.2) is 29.1 Å². The average Bonchev–Trinajstić information content (AvgIpc) is 1.64. The van der Waals surface area contributed by atoms with Crippen LogP contribution in [0.3, 0.4) is 0 Å². The predicted molar refractivity (Wildman–Crippen MR) is 370 cm³/mol. The van der Waals surface area contributed by atoms with Crippen molar-refractivity contribution in [1.29, 1.82) is 0 Å². The SMILES string of the molecule is CCCCCN1C=CC(=C2C=CN(CCCOc3cccc(C4=C5N=C(C=C6[NH+]=C(C(C)=C6CC)C(c6cccc(OCCC[n+]7ccc(-c8cc[n+](CCCCC)cc8)cc7)c6)=C6[NH+]=C(C=C7N=C4C(C)=C7CC)C(CC)=C6C)C(CC)=C5C)c3)C=C2)C=C1. The number of hydrogen-bond donors (Lipinski definition) is 2. The van der Waals surface area contributed by atoms with E-state index in [-0.39, 0.29) is 0 Å². The fourth-order valence-electron chi connectivity index (χ4n) is 13.5. The Morgan fingerprint density at radius 1 is 0.478 bits per heavy atom. The Morgan fingerprint density at radius 2 is 1.02 bits per heavy atom. The predicted octanol–water partition coefficient (Wildman–Crippen LogP) is 14.3. The van der Waals surface area contributed by atoms with Crippen molar-refractivity contribution in [3.63, 3.8) is 0 Å². The number of aromatic nitrogens is 2. The van der Waals surface area contributed by atoms with Crippen LogP contribution in [-0.4, -0.2) is 58.9 Å². The van der Waals surface area contributed by atoms with Crippen LogP contribution >= 0.6 is 0 Å². The first-order valence-electron chi connectivity index (χ1n) is 33.6. The molecule has 0 saturated carbocycles. The largest absolute Gasteiger partial charge is 0.494 e. The lowest BCUT2D eigenvalue weighted by molar-refractivity contribution is -0.697. The number of unbranched alkanes of at least 4 members (excludes halogenated alkanes) is 4. The number of nitrogens with zero attached hydrogens (tertiary/aromatic N) is 6. The van der Waals surface area contributed by atoms with E-state index in [9.17, 15) is 0 Å². The topological polar surface area (TPSA) is 85.4 Å². The normalized spacial score (nSPS) is 17.2.